The summed E-state index contributed by atoms with van der Waals surface area (Å²) in [5.74, 6) is 0.244. The highest BCUT2D eigenvalue weighted by molar-refractivity contribution is 7.12. The van der Waals surface area contributed by atoms with Crippen LogP contribution in [-0.2, 0) is 9.53 Å². The van der Waals surface area contributed by atoms with E-state index in [2.05, 4.69) is 19.2 Å². The molecule has 0 bridgehead atoms. The van der Waals surface area contributed by atoms with Crippen LogP contribution in [0.15, 0.2) is 17.5 Å². The van der Waals surface area contributed by atoms with Gasteiger partial charge in [-0.25, -0.2) is 0 Å². The Morgan fingerprint density at radius 2 is 2.16 bits per heavy atom. The standard InChI is InChI=1S/C19H28N2O3S/c1-17(2)10-19(12-24-5)11-21(9-14(17)19)16(23)18(3,4)20-15(22)13-7-6-8-25-13/h6-8,14H,9-12H2,1-5H3,(H,20,22)/t14-,19-/m1/s1. The summed E-state index contributed by atoms with van der Waals surface area (Å²) in [5.41, 5.74) is -0.622. The third-order valence-corrected chi connectivity index (χ3v) is 6.69. The van der Waals surface area contributed by atoms with Gasteiger partial charge in [-0.1, -0.05) is 19.9 Å². The molecule has 2 atom stereocenters. The fourth-order valence-corrected chi connectivity index (χ4v) is 5.58. The smallest absolute Gasteiger partial charge is 0.262 e. The van der Waals surface area contributed by atoms with Crippen molar-refractivity contribution in [1.29, 1.82) is 0 Å². The average molecular weight is 365 g/mol. The van der Waals surface area contributed by atoms with Gasteiger partial charge < -0.3 is 15.0 Å². The maximum Gasteiger partial charge on any atom is 0.262 e. The zero-order valence-corrected chi connectivity index (χ0v) is 16.5. The summed E-state index contributed by atoms with van der Waals surface area (Å²) in [6, 6.07) is 3.61. The molecule has 1 aliphatic heterocycles. The van der Waals surface area contributed by atoms with Gasteiger partial charge in [0.2, 0.25) is 5.91 Å². The second kappa shape index (κ2) is 6.09. The number of fused-ring (bicyclic) bond motifs is 1. The normalized spacial score (nSPS) is 27.6. The number of likely N-dealkylation sites (tertiary alicyclic amines) is 1. The van der Waals surface area contributed by atoms with E-state index in [0.717, 1.165) is 13.0 Å². The van der Waals surface area contributed by atoms with Gasteiger partial charge in [-0.3, -0.25) is 9.59 Å². The molecule has 0 radical (unpaired) electrons. The van der Waals surface area contributed by atoms with Crippen LogP contribution in [0.25, 0.3) is 0 Å². The van der Waals surface area contributed by atoms with Crippen LogP contribution in [0.5, 0.6) is 0 Å². The molecule has 5 nitrogen and oxygen atoms in total. The van der Waals surface area contributed by atoms with Crippen molar-refractivity contribution < 1.29 is 14.3 Å². The van der Waals surface area contributed by atoms with E-state index >= 15 is 0 Å². The zero-order chi connectivity index (χ0) is 18.5. The molecule has 1 saturated carbocycles. The Morgan fingerprint density at radius 1 is 1.44 bits per heavy atom. The molecule has 25 heavy (non-hydrogen) atoms. The number of thiophene rings is 1. The molecule has 1 aliphatic carbocycles. The van der Waals surface area contributed by atoms with Crippen LogP contribution in [-0.4, -0.2) is 49.1 Å². The van der Waals surface area contributed by atoms with Crippen LogP contribution < -0.4 is 5.32 Å². The summed E-state index contributed by atoms with van der Waals surface area (Å²) in [6.07, 6.45) is 1.07. The minimum Gasteiger partial charge on any atom is -0.384 e. The number of ether oxygens (including phenoxy) is 1. The summed E-state index contributed by atoms with van der Waals surface area (Å²) >= 11 is 1.38. The lowest BCUT2D eigenvalue weighted by Gasteiger charge is -2.56. The Bertz CT molecular complexity index is 668. The molecule has 1 aromatic heterocycles. The number of rotatable bonds is 5. The van der Waals surface area contributed by atoms with Crippen molar-refractivity contribution in [2.24, 2.45) is 16.7 Å². The van der Waals surface area contributed by atoms with Gasteiger partial charge in [-0.2, -0.15) is 0 Å². The summed E-state index contributed by atoms with van der Waals surface area (Å²) in [6.45, 7) is 10.3. The van der Waals surface area contributed by atoms with Gasteiger partial charge in [0.1, 0.15) is 5.54 Å². The summed E-state index contributed by atoms with van der Waals surface area (Å²) in [4.78, 5) is 28.0. The Kier molecular flexibility index (Phi) is 4.48. The van der Waals surface area contributed by atoms with Gasteiger partial charge in [0.05, 0.1) is 11.5 Å². The molecule has 1 saturated heterocycles. The molecule has 2 aliphatic rings. The largest absolute Gasteiger partial charge is 0.384 e. The van der Waals surface area contributed by atoms with Crippen LogP contribution in [0.2, 0.25) is 0 Å². The minimum absolute atomic E-state index is 0.0157. The third kappa shape index (κ3) is 3.10. The van der Waals surface area contributed by atoms with E-state index in [4.69, 9.17) is 4.74 Å². The highest BCUT2D eigenvalue weighted by Gasteiger charge is 2.63. The van der Waals surface area contributed by atoms with E-state index in [1.54, 1.807) is 27.0 Å². The van der Waals surface area contributed by atoms with Gasteiger partial charge in [0.15, 0.2) is 0 Å². The predicted molar refractivity (Wildman–Crippen MR) is 98.6 cm³/mol. The van der Waals surface area contributed by atoms with Crippen LogP contribution in [0.3, 0.4) is 0 Å². The molecule has 2 amide bonds. The van der Waals surface area contributed by atoms with E-state index < -0.39 is 5.54 Å². The number of amides is 2. The van der Waals surface area contributed by atoms with Crippen molar-refractivity contribution in [3.63, 3.8) is 0 Å². The molecule has 0 spiro atoms. The monoisotopic (exact) mass is 364 g/mol. The number of methoxy groups -OCH3 is 1. The molecule has 3 rings (SSSR count). The number of hydrogen-bond acceptors (Lipinski definition) is 4. The van der Waals surface area contributed by atoms with Gasteiger partial charge in [0.25, 0.3) is 5.91 Å². The second-order valence-corrected chi connectivity index (χ2v) is 9.70. The van der Waals surface area contributed by atoms with E-state index in [0.29, 0.717) is 23.9 Å². The summed E-state index contributed by atoms with van der Waals surface area (Å²) < 4.78 is 5.46. The van der Waals surface area contributed by atoms with Crippen LogP contribution >= 0.6 is 11.3 Å². The highest BCUT2D eigenvalue weighted by atomic mass is 32.1. The molecule has 2 heterocycles. The molecular weight excluding hydrogens is 336 g/mol. The molecule has 0 unspecified atom stereocenters. The predicted octanol–water partition coefficient (Wildman–Crippen LogP) is 2.78. The van der Waals surface area contributed by atoms with Crippen molar-refractivity contribution in [2.45, 2.75) is 39.7 Å². The first-order valence-electron chi connectivity index (χ1n) is 8.76. The first-order chi connectivity index (χ1) is 11.6. The van der Waals surface area contributed by atoms with Crippen molar-refractivity contribution >= 4 is 23.2 Å². The second-order valence-electron chi connectivity index (χ2n) is 8.76. The van der Waals surface area contributed by atoms with E-state index in [-0.39, 0.29) is 22.6 Å². The van der Waals surface area contributed by atoms with Gasteiger partial charge >= 0.3 is 0 Å². The molecule has 6 heteroatoms. The summed E-state index contributed by atoms with van der Waals surface area (Å²) in [7, 11) is 1.73. The summed E-state index contributed by atoms with van der Waals surface area (Å²) in [5, 5.41) is 4.76. The van der Waals surface area contributed by atoms with Gasteiger partial charge in [-0.15, -0.1) is 11.3 Å². The number of nitrogens with one attached hydrogen (secondary N) is 1. The number of carbonyl (C=O) groups excluding carboxylic acids is 2. The fraction of sp³-hybridized carbons (Fsp3) is 0.684. The third-order valence-electron chi connectivity index (χ3n) is 5.82. The van der Waals surface area contributed by atoms with E-state index in [9.17, 15) is 9.59 Å². The number of nitrogens with zero attached hydrogens (tertiary/aromatic N) is 1. The van der Waals surface area contributed by atoms with Crippen molar-refractivity contribution in [3.8, 4) is 0 Å². The number of hydrogen-bond donors (Lipinski definition) is 1. The minimum atomic E-state index is -0.927. The number of carbonyl (C=O) groups is 2. The Labute approximate surface area is 153 Å². The van der Waals surface area contributed by atoms with Crippen molar-refractivity contribution in [3.05, 3.63) is 22.4 Å². The van der Waals surface area contributed by atoms with E-state index in [1.807, 2.05) is 16.3 Å². The first-order valence-corrected chi connectivity index (χ1v) is 9.64. The lowest BCUT2D eigenvalue weighted by atomic mass is 9.48. The van der Waals surface area contributed by atoms with Crippen LogP contribution in [0.4, 0.5) is 0 Å². The molecule has 2 fully saturated rings. The Balaban J connectivity index is 1.71. The first kappa shape index (κ1) is 18.4. The van der Waals surface area contributed by atoms with Crippen LogP contribution in [0, 0.1) is 16.7 Å². The Hall–Kier alpha value is -1.40. The lowest BCUT2D eigenvalue weighted by molar-refractivity contribution is -0.136. The van der Waals surface area contributed by atoms with Gasteiger partial charge in [-0.05, 0) is 43.0 Å². The quantitative estimate of drug-likeness (QED) is 0.874. The molecule has 138 valence electrons. The fourth-order valence-electron chi connectivity index (χ4n) is 4.96. The average Bonchev–Trinajstić information content (AvgIpc) is 3.13. The topological polar surface area (TPSA) is 58.6 Å². The molecule has 1 N–H and O–H groups in total. The molecule has 0 aromatic carbocycles. The Morgan fingerprint density at radius 3 is 2.72 bits per heavy atom. The maximum atomic E-state index is 13.1. The molecular formula is C19H28N2O3S. The van der Waals surface area contributed by atoms with Gasteiger partial charge in [0, 0.05) is 25.6 Å². The SMILES string of the molecule is COC[C@@]12CN(C(=O)C(C)(C)NC(=O)c3cccs3)C[C@@H]1C(C)(C)C2. The van der Waals surface area contributed by atoms with Crippen molar-refractivity contribution in [1.82, 2.24) is 10.2 Å². The highest BCUT2D eigenvalue weighted by Crippen LogP contribution is 2.62. The zero-order valence-electron chi connectivity index (χ0n) is 15.7. The maximum absolute atomic E-state index is 13.1. The van der Waals surface area contributed by atoms with Crippen molar-refractivity contribution in [2.75, 3.05) is 26.8 Å². The van der Waals surface area contributed by atoms with E-state index in [1.165, 1.54) is 11.3 Å². The van der Waals surface area contributed by atoms with Crippen LogP contribution in [0.1, 0.15) is 43.8 Å². The molecule has 1 aromatic rings. The lowest BCUT2D eigenvalue weighted by Crippen LogP contribution is -2.56.